The molecule has 2 atom stereocenters. The Morgan fingerprint density at radius 2 is 2.11 bits per heavy atom. The molecule has 3 nitrogen and oxygen atoms in total. The fourth-order valence-electron chi connectivity index (χ4n) is 2.80. The zero-order valence-corrected chi connectivity index (χ0v) is 12.1. The minimum absolute atomic E-state index is 0.147. The molecule has 18 heavy (non-hydrogen) atoms. The first-order valence-electron chi connectivity index (χ1n) is 6.78. The molecule has 1 aliphatic heterocycles. The predicted molar refractivity (Wildman–Crippen MR) is 76.8 cm³/mol. The second-order valence-electron chi connectivity index (χ2n) is 5.41. The first kappa shape index (κ1) is 14.0. The van der Waals surface area contributed by atoms with Crippen LogP contribution in [0.4, 0.5) is 0 Å². The van der Waals surface area contributed by atoms with E-state index in [1.807, 2.05) is 11.3 Å². The highest BCUT2D eigenvalue weighted by molar-refractivity contribution is 7.12. The van der Waals surface area contributed by atoms with Gasteiger partial charge in [-0.25, -0.2) is 0 Å². The number of nitrogens with two attached hydrogens (primary N) is 1. The first-order chi connectivity index (χ1) is 8.61. The Labute approximate surface area is 114 Å². The minimum Gasteiger partial charge on any atom is -0.396 e. The van der Waals surface area contributed by atoms with Gasteiger partial charge in [-0.2, -0.15) is 0 Å². The van der Waals surface area contributed by atoms with Crippen molar-refractivity contribution in [3.8, 4) is 0 Å². The Bertz CT molecular complexity index is 370. The van der Waals surface area contributed by atoms with E-state index in [1.165, 1.54) is 9.75 Å². The summed E-state index contributed by atoms with van der Waals surface area (Å²) in [5.74, 6) is 0.486. The summed E-state index contributed by atoms with van der Waals surface area (Å²) in [4.78, 5) is 5.22. The van der Waals surface area contributed by atoms with Crippen LogP contribution in [0.5, 0.6) is 0 Å². The Morgan fingerprint density at radius 3 is 2.56 bits per heavy atom. The van der Waals surface area contributed by atoms with Gasteiger partial charge in [0, 0.05) is 22.4 Å². The van der Waals surface area contributed by atoms with Crippen LogP contribution in [-0.2, 0) is 0 Å². The molecule has 0 saturated carbocycles. The van der Waals surface area contributed by atoms with Gasteiger partial charge in [0.2, 0.25) is 0 Å². The van der Waals surface area contributed by atoms with Crippen molar-refractivity contribution in [3.63, 3.8) is 0 Å². The third-order valence-corrected chi connectivity index (χ3v) is 4.92. The maximum absolute atomic E-state index is 9.20. The van der Waals surface area contributed by atoms with Crippen LogP contribution >= 0.6 is 11.3 Å². The second kappa shape index (κ2) is 6.15. The molecule has 4 heteroatoms. The van der Waals surface area contributed by atoms with Gasteiger partial charge in [0.25, 0.3) is 0 Å². The summed E-state index contributed by atoms with van der Waals surface area (Å²) >= 11 is 1.85. The number of likely N-dealkylation sites (tertiary alicyclic amines) is 1. The molecule has 0 aliphatic carbocycles. The van der Waals surface area contributed by atoms with Gasteiger partial charge in [-0.15, -0.1) is 11.3 Å². The molecule has 2 heterocycles. The quantitative estimate of drug-likeness (QED) is 0.879. The van der Waals surface area contributed by atoms with Crippen LogP contribution in [0.2, 0.25) is 0 Å². The van der Waals surface area contributed by atoms with Gasteiger partial charge < -0.3 is 10.8 Å². The van der Waals surface area contributed by atoms with E-state index in [4.69, 9.17) is 5.73 Å². The largest absolute Gasteiger partial charge is 0.396 e. The Kier molecular flexibility index (Phi) is 4.78. The van der Waals surface area contributed by atoms with Crippen molar-refractivity contribution in [3.05, 3.63) is 21.9 Å². The number of aryl methyl sites for hydroxylation is 1. The van der Waals surface area contributed by atoms with Crippen molar-refractivity contribution in [1.82, 2.24) is 4.90 Å². The average molecular weight is 268 g/mol. The van der Waals surface area contributed by atoms with Crippen molar-refractivity contribution in [2.24, 2.45) is 11.7 Å². The number of piperidine rings is 1. The zero-order valence-electron chi connectivity index (χ0n) is 11.3. The molecule has 0 amide bonds. The first-order valence-corrected chi connectivity index (χ1v) is 7.60. The summed E-state index contributed by atoms with van der Waals surface area (Å²) in [7, 11) is 0. The normalized spacial score (nSPS) is 22.0. The standard InChI is InChI=1S/C14H24N2OS/c1-10-3-4-13(18-10)14(11(2)15)16-7-5-12(9-17)6-8-16/h3-4,11-12,14,17H,5-9,15H2,1-2H3. The van der Waals surface area contributed by atoms with Gasteiger partial charge in [-0.1, -0.05) is 0 Å². The maximum Gasteiger partial charge on any atom is 0.0590 e. The third-order valence-electron chi connectivity index (χ3n) is 3.85. The molecule has 1 aromatic heterocycles. The van der Waals surface area contributed by atoms with Crippen LogP contribution in [0.1, 0.15) is 35.6 Å². The molecule has 0 spiro atoms. The van der Waals surface area contributed by atoms with Crippen molar-refractivity contribution in [1.29, 1.82) is 0 Å². The van der Waals surface area contributed by atoms with Crippen LogP contribution in [0, 0.1) is 12.8 Å². The van der Waals surface area contributed by atoms with E-state index < -0.39 is 0 Å². The predicted octanol–water partition coefficient (Wildman–Crippen LogP) is 2.15. The number of nitrogens with zero attached hydrogens (tertiary/aromatic N) is 1. The van der Waals surface area contributed by atoms with E-state index in [1.54, 1.807) is 0 Å². The van der Waals surface area contributed by atoms with E-state index in [0.717, 1.165) is 25.9 Å². The molecule has 102 valence electrons. The number of hydrogen-bond acceptors (Lipinski definition) is 4. The van der Waals surface area contributed by atoms with Gasteiger partial charge >= 0.3 is 0 Å². The van der Waals surface area contributed by atoms with E-state index in [0.29, 0.717) is 18.6 Å². The molecule has 0 radical (unpaired) electrons. The van der Waals surface area contributed by atoms with Crippen LogP contribution < -0.4 is 5.73 Å². The van der Waals surface area contributed by atoms with Gasteiger partial charge in [0.05, 0.1) is 6.04 Å². The second-order valence-corrected chi connectivity index (χ2v) is 6.73. The SMILES string of the molecule is Cc1ccc(C(C(C)N)N2CCC(CO)CC2)s1. The van der Waals surface area contributed by atoms with Gasteiger partial charge in [-0.3, -0.25) is 4.90 Å². The smallest absolute Gasteiger partial charge is 0.0590 e. The molecule has 1 saturated heterocycles. The van der Waals surface area contributed by atoms with Crippen LogP contribution in [0.15, 0.2) is 12.1 Å². The lowest BCUT2D eigenvalue weighted by atomic mass is 9.95. The zero-order chi connectivity index (χ0) is 13.1. The number of aliphatic hydroxyl groups is 1. The van der Waals surface area contributed by atoms with Gasteiger partial charge in [0.15, 0.2) is 0 Å². The fourth-order valence-corrected chi connectivity index (χ4v) is 3.93. The van der Waals surface area contributed by atoms with Crippen LogP contribution in [0.3, 0.4) is 0 Å². The molecular formula is C14H24N2OS. The molecule has 1 aromatic rings. The number of aliphatic hydroxyl groups excluding tert-OH is 1. The molecule has 3 N–H and O–H groups in total. The maximum atomic E-state index is 9.20. The molecular weight excluding hydrogens is 244 g/mol. The summed E-state index contributed by atoms with van der Waals surface area (Å²) in [5, 5.41) is 9.20. The number of thiophene rings is 1. The van der Waals surface area contributed by atoms with Crippen molar-refractivity contribution >= 4 is 11.3 Å². The lowest BCUT2D eigenvalue weighted by Gasteiger charge is -2.38. The fraction of sp³-hybridized carbons (Fsp3) is 0.714. The Hall–Kier alpha value is -0.420. The monoisotopic (exact) mass is 268 g/mol. The van der Waals surface area contributed by atoms with E-state index in [2.05, 4.69) is 30.9 Å². The minimum atomic E-state index is 0.147. The molecule has 1 aliphatic rings. The number of hydrogen-bond donors (Lipinski definition) is 2. The van der Waals surface area contributed by atoms with Crippen molar-refractivity contribution in [2.45, 2.75) is 38.8 Å². The van der Waals surface area contributed by atoms with E-state index in [-0.39, 0.29) is 6.04 Å². The van der Waals surface area contributed by atoms with E-state index in [9.17, 15) is 5.11 Å². The van der Waals surface area contributed by atoms with Crippen LogP contribution in [0.25, 0.3) is 0 Å². The van der Waals surface area contributed by atoms with Crippen LogP contribution in [-0.4, -0.2) is 35.7 Å². The molecule has 2 unspecified atom stereocenters. The van der Waals surface area contributed by atoms with E-state index >= 15 is 0 Å². The average Bonchev–Trinajstić information content (AvgIpc) is 2.76. The summed E-state index contributed by atoms with van der Waals surface area (Å²) in [5.41, 5.74) is 6.19. The third kappa shape index (κ3) is 3.12. The van der Waals surface area contributed by atoms with Gasteiger partial charge in [0.1, 0.15) is 0 Å². The molecule has 0 bridgehead atoms. The Morgan fingerprint density at radius 1 is 1.44 bits per heavy atom. The Balaban J connectivity index is 2.07. The highest BCUT2D eigenvalue weighted by Gasteiger charge is 2.28. The number of rotatable bonds is 4. The molecule has 2 rings (SSSR count). The lowest BCUT2D eigenvalue weighted by Crippen LogP contribution is -2.43. The molecule has 1 fully saturated rings. The highest BCUT2D eigenvalue weighted by Crippen LogP contribution is 2.32. The molecule has 0 aromatic carbocycles. The summed E-state index contributed by atoms with van der Waals surface area (Å²) in [6.45, 7) is 6.67. The topological polar surface area (TPSA) is 49.5 Å². The lowest BCUT2D eigenvalue weighted by molar-refractivity contribution is 0.0928. The summed E-state index contributed by atoms with van der Waals surface area (Å²) in [6.07, 6.45) is 2.17. The highest BCUT2D eigenvalue weighted by atomic mass is 32.1. The summed E-state index contributed by atoms with van der Waals surface area (Å²) < 4.78 is 0. The summed E-state index contributed by atoms with van der Waals surface area (Å²) in [6, 6.07) is 4.87. The van der Waals surface area contributed by atoms with Crippen molar-refractivity contribution < 1.29 is 5.11 Å². The van der Waals surface area contributed by atoms with Gasteiger partial charge in [-0.05, 0) is 57.8 Å². The van der Waals surface area contributed by atoms with Crippen molar-refractivity contribution in [2.75, 3.05) is 19.7 Å².